The summed E-state index contributed by atoms with van der Waals surface area (Å²) in [7, 11) is 3.10. The van der Waals surface area contributed by atoms with Crippen molar-refractivity contribution < 1.29 is 14.3 Å². The van der Waals surface area contributed by atoms with Gasteiger partial charge in [-0.3, -0.25) is 4.79 Å². The molecule has 156 valence electrons. The van der Waals surface area contributed by atoms with Crippen molar-refractivity contribution in [2.45, 2.75) is 20.4 Å². The molecule has 0 aliphatic heterocycles. The molecule has 1 aromatic heterocycles. The molecule has 0 saturated heterocycles. The van der Waals surface area contributed by atoms with E-state index in [1.165, 1.54) is 11.6 Å². The molecule has 3 aromatic rings. The average Bonchev–Trinajstić information content (AvgIpc) is 3.00. The summed E-state index contributed by atoms with van der Waals surface area (Å²) in [6, 6.07) is 13.4. The lowest BCUT2D eigenvalue weighted by atomic mass is 10.1. The first-order valence-electron chi connectivity index (χ1n) is 9.40. The number of benzene rings is 2. The summed E-state index contributed by atoms with van der Waals surface area (Å²) in [6.07, 6.45) is 3.11. The van der Waals surface area contributed by atoms with Crippen molar-refractivity contribution in [3.8, 4) is 11.5 Å². The molecular weight excluding hydrogens is 402 g/mol. The summed E-state index contributed by atoms with van der Waals surface area (Å²) in [4.78, 5) is 12.4. The molecule has 0 aliphatic carbocycles. The minimum absolute atomic E-state index is 0.288. The molecule has 3 rings (SSSR count). The van der Waals surface area contributed by atoms with E-state index in [1.807, 2.05) is 13.8 Å². The van der Waals surface area contributed by atoms with E-state index in [9.17, 15) is 4.79 Å². The lowest BCUT2D eigenvalue weighted by Crippen LogP contribution is -2.08. The molecule has 0 saturated carbocycles. The van der Waals surface area contributed by atoms with Crippen LogP contribution >= 0.6 is 11.6 Å². The third-order valence-electron chi connectivity index (χ3n) is 4.61. The van der Waals surface area contributed by atoms with Crippen molar-refractivity contribution in [2.75, 3.05) is 19.5 Å². The molecule has 6 nitrogen and oxygen atoms in total. The Bertz CT molecular complexity index is 1070. The van der Waals surface area contributed by atoms with Gasteiger partial charge in [0.05, 0.1) is 26.5 Å². The van der Waals surface area contributed by atoms with Gasteiger partial charge in [0.2, 0.25) is 5.91 Å². The van der Waals surface area contributed by atoms with Crippen LogP contribution in [0.4, 0.5) is 5.69 Å². The van der Waals surface area contributed by atoms with E-state index in [4.69, 9.17) is 21.1 Å². The van der Waals surface area contributed by atoms with Crippen molar-refractivity contribution in [1.29, 1.82) is 0 Å². The Morgan fingerprint density at radius 3 is 2.47 bits per heavy atom. The van der Waals surface area contributed by atoms with Crippen LogP contribution < -0.4 is 14.8 Å². The highest BCUT2D eigenvalue weighted by atomic mass is 35.5. The van der Waals surface area contributed by atoms with E-state index >= 15 is 0 Å². The van der Waals surface area contributed by atoms with E-state index in [-0.39, 0.29) is 5.91 Å². The molecular formula is C23H24ClN3O3. The van der Waals surface area contributed by atoms with Gasteiger partial charge in [-0.15, -0.1) is 0 Å². The average molecular weight is 426 g/mol. The summed E-state index contributed by atoms with van der Waals surface area (Å²) < 4.78 is 12.2. The van der Waals surface area contributed by atoms with E-state index in [0.29, 0.717) is 34.4 Å². The summed E-state index contributed by atoms with van der Waals surface area (Å²) in [5.41, 5.74) is 4.37. The number of nitrogens with zero attached hydrogens (tertiary/aromatic N) is 2. The molecule has 1 amide bonds. The van der Waals surface area contributed by atoms with Crippen molar-refractivity contribution >= 4 is 29.3 Å². The maximum Gasteiger partial charge on any atom is 0.248 e. The third kappa shape index (κ3) is 5.02. The van der Waals surface area contributed by atoms with Gasteiger partial charge in [0.15, 0.2) is 11.5 Å². The van der Waals surface area contributed by atoms with Crippen molar-refractivity contribution in [3.05, 3.63) is 76.1 Å². The quantitative estimate of drug-likeness (QED) is 0.548. The van der Waals surface area contributed by atoms with E-state index in [0.717, 1.165) is 11.3 Å². The molecule has 0 atom stereocenters. The SMILES string of the molecule is COc1ccc(NC(=O)/C=C/c2c(C)nn(Cc3ccc(C)cc3)c2Cl)cc1OC. The topological polar surface area (TPSA) is 65.4 Å². The lowest BCUT2D eigenvalue weighted by Gasteiger charge is -2.09. The van der Waals surface area contributed by atoms with Crippen LogP contribution in [0, 0.1) is 13.8 Å². The normalized spacial score (nSPS) is 11.0. The molecule has 0 aliphatic rings. The molecule has 30 heavy (non-hydrogen) atoms. The third-order valence-corrected chi connectivity index (χ3v) is 5.01. The molecule has 0 radical (unpaired) electrons. The maximum absolute atomic E-state index is 12.4. The van der Waals surface area contributed by atoms with Crippen LogP contribution in [0.25, 0.3) is 6.08 Å². The second-order valence-corrected chi connectivity index (χ2v) is 7.18. The van der Waals surface area contributed by atoms with Gasteiger partial charge in [-0.2, -0.15) is 5.10 Å². The van der Waals surface area contributed by atoms with Crippen LogP contribution in [0.15, 0.2) is 48.5 Å². The van der Waals surface area contributed by atoms with Crippen LogP contribution in [0.5, 0.6) is 11.5 Å². The Hall–Kier alpha value is -3.25. The highest BCUT2D eigenvalue weighted by Crippen LogP contribution is 2.29. The molecule has 1 N–H and O–H groups in total. The molecule has 2 aromatic carbocycles. The van der Waals surface area contributed by atoms with Crippen LogP contribution in [0.1, 0.15) is 22.4 Å². The minimum atomic E-state index is -0.288. The largest absolute Gasteiger partial charge is 0.493 e. The van der Waals surface area contributed by atoms with Gasteiger partial charge in [-0.05, 0) is 37.6 Å². The molecule has 0 fully saturated rings. The molecule has 1 heterocycles. The Labute approximate surface area is 181 Å². The van der Waals surface area contributed by atoms with Gasteiger partial charge in [0.1, 0.15) is 5.15 Å². The van der Waals surface area contributed by atoms with Crippen molar-refractivity contribution in [1.82, 2.24) is 9.78 Å². The van der Waals surface area contributed by atoms with Crippen LogP contribution in [-0.2, 0) is 11.3 Å². The number of anilines is 1. The summed E-state index contributed by atoms with van der Waals surface area (Å²) in [5.74, 6) is 0.842. The van der Waals surface area contributed by atoms with E-state index < -0.39 is 0 Å². The fourth-order valence-electron chi connectivity index (χ4n) is 2.98. The first-order chi connectivity index (χ1) is 14.4. The summed E-state index contributed by atoms with van der Waals surface area (Å²) >= 11 is 6.51. The standard InChI is InChI=1S/C23H24ClN3O3/c1-15-5-7-17(8-6-15)14-27-23(24)19(16(2)26-27)10-12-22(28)25-18-9-11-20(29-3)21(13-18)30-4/h5-13H,14H2,1-4H3,(H,25,28)/b12-10+. The van der Waals surface area contributed by atoms with Gasteiger partial charge in [-0.25, -0.2) is 4.68 Å². The first kappa shape index (κ1) is 21.5. The Morgan fingerprint density at radius 1 is 1.10 bits per heavy atom. The number of aryl methyl sites for hydroxylation is 2. The highest BCUT2D eigenvalue weighted by Gasteiger charge is 2.12. The number of hydrogen-bond acceptors (Lipinski definition) is 4. The minimum Gasteiger partial charge on any atom is -0.493 e. The lowest BCUT2D eigenvalue weighted by molar-refractivity contribution is -0.111. The molecule has 0 spiro atoms. The predicted octanol–water partition coefficient (Wildman–Crippen LogP) is 4.87. The molecule has 0 unspecified atom stereocenters. The van der Waals surface area contributed by atoms with Gasteiger partial charge in [0.25, 0.3) is 0 Å². The Kier molecular flexibility index (Phi) is 6.79. The Balaban J connectivity index is 1.72. The van der Waals surface area contributed by atoms with Crippen LogP contribution in [-0.4, -0.2) is 29.9 Å². The van der Waals surface area contributed by atoms with Crippen molar-refractivity contribution in [2.24, 2.45) is 0 Å². The smallest absolute Gasteiger partial charge is 0.248 e. The fourth-order valence-corrected chi connectivity index (χ4v) is 3.28. The van der Waals surface area contributed by atoms with Crippen LogP contribution in [0.2, 0.25) is 5.15 Å². The zero-order valence-corrected chi connectivity index (χ0v) is 18.2. The van der Waals surface area contributed by atoms with Gasteiger partial charge >= 0.3 is 0 Å². The molecule has 0 bridgehead atoms. The van der Waals surface area contributed by atoms with Crippen molar-refractivity contribution in [3.63, 3.8) is 0 Å². The number of halogens is 1. The number of amides is 1. The number of methoxy groups -OCH3 is 2. The van der Waals surface area contributed by atoms with E-state index in [2.05, 4.69) is 34.7 Å². The number of nitrogens with one attached hydrogen (secondary N) is 1. The number of aromatic nitrogens is 2. The second kappa shape index (κ2) is 9.50. The second-order valence-electron chi connectivity index (χ2n) is 6.83. The zero-order chi connectivity index (χ0) is 21.7. The highest BCUT2D eigenvalue weighted by molar-refractivity contribution is 6.31. The van der Waals surface area contributed by atoms with Gasteiger partial charge in [-0.1, -0.05) is 41.4 Å². The number of carbonyl (C=O) groups is 1. The van der Waals surface area contributed by atoms with Crippen LogP contribution in [0.3, 0.4) is 0 Å². The van der Waals surface area contributed by atoms with E-state index in [1.54, 1.807) is 43.2 Å². The van der Waals surface area contributed by atoms with Gasteiger partial charge < -0.3 is 14.8 Å². The number of ether oxygens (including phenoxy) is 2. The zero-order valence-electron chi connectivity index (χ0n) is 17.4. The fraction of sp³-hybridized carbons (Fsp3) is 0.217. The number of carbonyl (C=O) groups excluding carboxylic acids is 1. The monoisotopic (exact) mass is 425 g/mol. The summed E-state index contributed by atoms with van der Waals surface area (Å²) in [5, 5.41) is 7.79. The first-order valence-corrected chi connectivity index (χ1v) is 9.78. The Morgan fingerprint density at radius 2 is 1.80 bits per heavy atom. The maximum atomic E-state index is 12.4. The number of hydrogen-bond donors (Lipinski definition) is 1. The number of rotatable bonds is 7. The molecule has 7 heteroatoms. The predicted molar refractivity (Wildman–Crippen MR) is 119 cm³/mol. The summed E-state index contributed by atoms with van der Waals surface area (Å²) in [6.45, 7) is 4.47. The van der Waals surface area contributed by atoms with Gasteiger partial charge in [0, 0.05) is 23.4 Å².